The molecule has 5 rings (SSSR count). The summed E-state index contributed by atoms with van der Waals surface area (Å²) in [6, 6.07) is 24.3. The number of anilines is 3. The summed E-state index contributed by atoms with van der Waals surface area (Å²) >= 11 is 0. The summed E-state index contributed by atoms with van der Waals surface area (Å²) in [7, 11) is -0.456. The summed E-state index contributed by atoms with van der Waals surface area (Å²) in [5.41, 5.74) is 12.2. The third-order valence-corrected chi connectivity index (χ3v) is 9.64. The first-order valence-electron chi connectivity index (χ1n) is 14.0. The summed E-state index contributed by atoms with van der Waals surface area (Å²) in [6.45, 7) is 7.65. The van der Waals surface area contributed by atoms with Crippen molar-refractivity contribution in [1.29, 1.82) is 0 Å². The van der Waals surface area contributed by atoms with Gasteiger partial charge in [0.05, 0.1) is 17.1 Å². The van der Waals surface area contributed by atoms with Crippen LogP contribution in [0.25, 0.3) is 0 Å². The number of fused-ring (bicyclic) bond motifs is 1. The van der Waals surface area contributed by atoms with Gasteiger partial charge in [-0.15, -0.1) is 0 Å². The monoisotopic (exact) mass is 556 g/mol. The topological polar surface area (TPSA) is 90.9 Å². The highest BCUT2D eigenvalue weighted by molar-refractivity contribution is 8.16. The molecule has 3 aromatic rings. The summed E-state index contributed by atoms with van der Waals surface area (Å²) in [5.74, 6) is 6.34. The lowest BCUT2D eigenvalue weighted by Gasteiger charge is -2.40. The van der Waals surface area contributed by atoms with Crippen LogP contribution in [0.15, 0.2) is 89.6 Å². The Morgan fingerprint density at radius 2 is 1.75 bits per heavy atom. The molecule has 1 saturated heterocycles. The number of hydrazine groups is 1. The van der Waals surface area contributed by atoms with Crippen molar-refractivity contribution in [2.24, 2.45) is 11.6 Å². The zero-order chi connectivity index (χ0) is 28.1. The largest absolute Gasteiger partial charge is 0.401 e. The molecule has 1 unspecified atom stereocenters. The highest BCUT2D eigenvalue weighted by Crippen LogP contribution is 2.44. The number of nitrogens with zero attached hydrogens (tertiary/aromatic N) is 3. The lowest BCUT2D eigenvalue weighted by Crippen LogP contribution is -2.46. The zero-order valence-corrected chi connectivity index (χ0v) is 24.2. The smallest absolute Gasteiger partial charge is 0.248 e. The van der Waals surface area contributed by atoms with Gasteiger partial charge in [-0.3, -0.25) is 9.80 Å². The second-order valence-electron chi connectivity index (χ2n) is 10.5. The second-order valence-corrected chi connectivity index (χ2v) is 12.5. The Kier molecular flexibility index (Phi) is 8.89. The third kappa shape index (κ3) is 6.41. The molecular formula is C32H40N6OS. The molecule has 7 nitrogen and oxygen atoms in total. The first kappa shape index (κ1) is 28.0. The van der Waals surface area contributed by atoms with E-state index < -0.39 is 16.7 Å². The van der Waals surface area contributed by atoms with E-state index in [1.807, 2.05) is 37.3 Å². The molecule has 40 heavy (non-hydrogen) atoms. The van der Waals surface area contributed by atoms with Gasteiger partial charge in [-0.1, -0.05) is 52.6 Å². The standard InChI is InChI=1S/C32H40N6OS/c1-3-40(28-16-10-24(2)11-17-28)38-30-9-5-4-8-29(30)35-32(39)31(38)22-26(33)23-37(34)27-14-12-25(13-15-27)18-21-36-19-6-7-20-36/h3-5,8-17,23,31H,6-7,18-22,33-34H2,1-2H3,(H,35,39)/b26-23-/t31-,40?/m1/s1. The summed E-state index contributed by atoms with van der Waals surface area (Å²) in [5, 5.41) is 6.79. The number of carbonyl (C=O) groups excluding carboxylic acids is 1. The molecule has 0 bridgehead atoms. The van der Waals surface area contributed by atoms with Crippen molar-refractivity contribution in [3.05, 3.63) is 95.8 Å². The van der Waals surface area contributed by atoms with Gasteiger partial charge < -0.3 is 20.3 Å². The van der Waals surface area contributed by atoms with Gasteiger partial charge in [0.1, 0.15) is 6.04 Å². The van der Waals surface area contributed by atoms with E-state index in [1.54, 1.807) is 11.2 Å². The van der Waals surface area contributed by atoms with Crippen LogP contribution in [-0.2, 0) is 11.2 Å². The molecular weight excluding hydrogens is 516 g/mol. The van der Waals surface area contributed by atoms with Crippen LogP contribution >= 0.6 is 10.7 Å². The van der Waals surface area contributed by atoms with E-state index in [4.69, 9.17) is 11.6 Å². The number of nitrogens with two attached hydrogens (primary N) is 2. The fourth-order valence-electron chi connectivity index (χ4n) is 5.38. The predicted octanol–water partition coefficient (Wildman–Crippen LogP) is 5.40. The van der Waals surface area contributed by atoms with Gasteiger partial charge in [-0.2, -0.15) is 0 Å². The molecule has 0 radical (unpaired) electrons. The van der Waals surface area contributed by atoms with E-state index >= 15 is 0 Å². The van der Waals surface area contributed by atoms with Gasteiger partial charge in [-0.25, -0.2) is 5.84 Å². The number of hydrogen-bond donors (Lipinski definition) is 3. The van der Waals surface area contributed by atoms with Crippen molar-refractivity contribution in [3.63, 3.8) is 0 Å². The van der Waals surface area contributed by atoms with Crippen molar-refractivity contribution < 1.29 is 4.79 Å². The number of aryl methyl sites for hydroxylation is 1. The van der Waals surface area contributed by atoms with Gasteiger partial charge >= 0.3 is 0 Å². The van der Waals surface area contributed by atoms with Gasteiger partial charge in [-0.05, 0) is 93.5 Å². The number of likely N-dealkylation sites (tertiary alicyclic amines) is 1. The van der Waals surface area contributed by atoms with E-state index in [0.717, 1.165) is 34.9 Å². The van der Waals surface area contributed by atoms with Crippen molar-refractivity contribution in [1.82, 2.24) is 4.90 Å². The normalized spacial score (nSPS) is 18.5. The molecule has 0 saturated carbocycles. The van der Waals surface area contributed by atoms with Gasteiger partial charge in [0, 0.05) is 29.8 Å². The van der Waals surface area contributed by atoms with E-state index in [1.165, 1.54) is 37.1 Å². The lowest BCUT2D eigenvalue weighted by atomic mass is 10.1. The fraction of sp³-hybridized carbons (Fsp3) is 0.312. The van der Waals surface area contributed by atoms with E-state index in [-0.39, 0.29) is 5.91 Å². The van der Waals surface area contributed by atoms with E-state index in [0.29, 0.717) is 12.1 Å². The number of para-hydroxylation sites is 2. The molecule has 8 heteroatoms. The molecule has 210 valence electrons. The SMILES string of the molecule is C/C=S(\c1ccc(C)cc1)N1c2ccccc2NC(=O)[C@H]1C/C(N)=C/N(N)c1ccc(CCN2CCCC2)cc1. The van der Waals surface area contributed by atoms with Gasteiger partial charge in [0.2, 0.25) is 5.91 Å². The van der Waals surface area contributed by atoms with Gasteiger partial charge in [0.15, 0.2) is 0 Å². The maximum atomic E-state index is 13.5. The molecule has 2 aliphatic rings. The summed E-state index contributed by atoms with van der Waals surface area (Å²) < 4.78 is 2.20. The average molecular weight is 557 g/mol. The minimum atomic E-state index is -0.492. The van der Waals surface area contributed by atoms with Crippen LogP contribution in [-0.4, -0.2) is 41.9 Å². The molecule has 0 aliphatic carbocycles. The summed E-state index contributed by atoms with van der Waals surface area (Å²) in [4.78, 5) is 17.1. The number of hydrogen-bond acceptors (Lipinski definition) is 6. The number of carbonyl (C=O) groups is 1. The Bertz CT molecular complexity index is 1380. The fourth-order valence-corrected chi connectivity index (χ4v) is 7.34. The molecule has 2 aliphatic heterocycles. The average Bonchev–Trinajstić information content (AvgIpc) is 3.49. The first-order valence-corrected chi connectivity index (χ1v) is 15.3. The van der Waals surface area contributed by atoms with Crippen LogP contribution in [0.2, 0.25) is 0 Å². The minimum absolute atomic E-state index is 0.0764. The van der Waals surface area contributed by atoms with Crippen LogP contribution in [0.1, 0.15) is 37.3 Å². The van der Waals surface area contributed by atoms with Crippen LogP contribution in [0, 0.1) is 6.92 Å². The van der Waals surface area contributed by atoms with Crippen LogP contribution < -0.4 is 26.2 Å². The molecule has 2 heterocycles. The molecule has 1 amide bonds. The highest BCUT2D eigenvalue weighted by atomic mass is 32.2. The predicted molar refractivity (Wildman–Crippen MR) is 169 cm³/mol. The molecule has 2 atom stereocenters. The van der Waals surface area contributed by atoms with Crippen LogP contribution in [0.5, 0.6) is 0 Å². The first-order chi connectivity index (χ1) is 19.4. The number of nitrogens with one attached hydrogen (secondary N) is 1. The molecule has 1 fully saturated rings. The van der Waals surface area contributed by atoms with Crippen LogP contribution in [0.4, 0.5) is 17.1 Å². The number of rotatable bonds is 9. The Hall–Kier alpha value is -3.59. The Morgan fingerprint density at radius 3 is 2.45 bits per heavy atom. The minimum Gasteiger partial charge on any atom is -0.401 e. The summed E-state index contributed by atoms with van der Waals surface area (Å²) in [6.07, 6.45) is 5.72. The van der Waals surface area contributed by atoms with E-state index in [9.17, 15) is 4.79 Å². The highest BCUT2D eigenvalue weighted by Gasteiger charge is 2.35. The quantitative estimate of drug-likeness (QED) is 0.186. The van der Waals surface area contributed by atoms with Crippen molar-refractivity contribution >= 4 is 39.0 Å². The lowest BCUT2D eigenvalue weighted by molar-refractivity contribution is -0.117. The van der Waals surface area contributed by atoms with Gasteiger partial charge in [0.25, 0.3) is 0 Å². The maximum absolute atomic E-state index is 13.5. The van der Waals surface area contributed by atoms with Crippen molar-refractivity contribution in [2.75, 3.05) is 34.3 Å². The van der Waals surface area contributed by atoms with Crippen LogP contribution in [0.3, 0.4) is 0 Å². The Balaban J connectivity index is 1.34. The van der Waals surface area contributed by atoms with E-state index in [2.05, 4.69) is 69.3 Å². The molecule has 3 aromatic carbocycles. The number of benzene rings is 3. The zero-order valence-electron chi connectivity index (χ0n) is 23.4. The second kappa shape index (κ2) is 12.7. The number of amides is 1. The third-order valence-electron chi connectivity index (χ3n) is 7.57. The molecule has 5 N–H and O–H groups in total. The van der Waals surface area contributed by atoms with Crippen molar-refractivity contribution in [2.45, 2.75) is 50.5 Å². The Labute approximate surface area is 240 Å². The molecule has 0 aromatic heterocycles. The maximum Gasteiger partial charge on any atom is 0.248 e. The van der Waals surface area contributed by atoms with Crippen molar-refractivity contribution in [3.8, 4) is 0 Å². The molecule has 0 spiro atoms. The Morgan fingerprint density at radius 1 is 1.05 bits per heavy atom.